The molecule has 7 fully saturated rings. The summed E-state index contributed by atoms with van der Waals surface area (Å²) in [6.07, 6.45) is 27.6. The maximum Gasteiger partial charge on any atom is 0.512 e. The molecule has 23 nitrogen and oxygen atoms in total. The van der Waals surface area contributed by atoms with Crippen LogP contribution in [-0.4, -0.2) is 158 Å². The number of alkyl halides is 2. The summed E-state index contributed by atoms with van der Waals surface area (Å²) < 4.78 is 60.5. The molecule has 0 radical (unpaired) electrons. The molecular weight excluding hydrogens is 2110 g/mol. The van der Waals surface area contributed by atoms with E-state index in [-0.39, 0.29) is 40.3 Å². The van der Waals surface area contributed by atoms with Gasteiger partial charge in [-0.25, -0.2) is 29.1 Å². The van der Waals surface area contributed by atoms with Crippen molar-refractivity contribution in [2.75, 3.05) is 30.2 Å². The van der Waals surface area contributed by atoms with Gasteiger partial charge in [-0.3, -0.25) is 0 Å². The number of carboxylic acid groups (broad SMARTS) is 1. The Kier molecular flexibility index (Phi) is 32.7. The third-order valence-corrected chi connectivity index (χ3v) is 33.0. The van der Waals surface area contributed by atoms with Gasteiger partial charge in [0.2, 0.25) is 0 Å². The number of aryl methyl sites for hydroxylation is 2. The van der Waals surface area contributed by atoms with Crippen LogP contribution in [0, 0.1) is 0 Å². The summed E-state index contributed by atoms with van der Waals surface area (Å²) in [7, 11) is 2.84. The van der Waals surface area contributed by atoms with Crippen molar-refractivity contribution in [1.29, 1.82) is 0 Å². The Morgan fingerprint density at radius 3 is 1.29 bits per heavy atom. The van der Waals surface area contributed by atoms with Gasteiger partial charge in [-0.1, -0.05) is 189 Å². The molecule has 11 heterocycles. The van der Waals surface area contributed by atoms with Crippen molar-refractivity contribution in [3.05, 3.63) is 206 Å². The number of carbonyl (C=O) groups excluding carboxylic acids is 3. The first-order valence-electron chi connectivity index (χ1n) is 49.7. The molecule has 0 amide bonds. The molecule has 7 aromatic heterocycles. The molecule has 4 saturated carbocycles. The number of halogens is 4. The zero-order chi connectivity index (χ0) is 98.6. The Bertz CT molecular complexity index is 6590. The Hall–Kier alpha value is -8.57. The molecular formula is C109H132B3Br2I2N9O14. The summed E-state index contributed by atoms with van der Waals surface area (Å²) in [6, 6.07) is 50.1. The molecule has 734 valence electrons. The smallest absolute Gasteiger partial charge is 0.478 e. The second kappa shape index (κ2) is 43.9. The van der Waals surface area contributed by atoms with E-state index in [4.69, 9.17) is 47.1 Å². The number of ether oxygens (including phenoxy) is 3. The number of para-hydroxylation sites is 5. The van der Waals surface area contributed by atoms with Gasteiger partial charge in [-0.2, -0.15) is 0 Å². The number of aromatic carboxylic acids is 1. The summed E-state index contributed by atoms with van der Waals surface area (Å²) in [6.45, 7) is 26.4. The lowest BCUT2D eigenvalue weighted by molar-refractivity contribution is 0.00578. The van der Waals surface area contributed by atoms with Crippen molar-refractivity contribution in [1.82, 2.24) is 44.0 Å². The van der Waals surface area contributed by atoms with E-state index in [2.05, 4.69) is 180 Å². The number of rotatable bonds is 13. The fraction of sp³-hybridized carbons (Fsp3) is 0.468. The average Bonchev–Trinajstić information content (AvgIpc) is 1.56. The van der Waals surface area contributed by atoms with Gasteiger partial charge in [0.15, 0.2) is 10.6 Å². The minimum Gasteiger partial charge on any atom is -0.478 e. The van der Waals surface area contributed by atoms with Crippen molar-refractivity contribution in [3.63, 3.8) is 0 Å². The number of hydrogen-bond donors (Lipinski definition) is 6. The lowest BCUT2D eigenvalue weighted by Gasteiger charge is -2.32. The van der Waals surface area contributed by atoms with Gasteiger partial charge in [0.25, 0.3) is 0 Å². The Balaban J connectivity index is 0.000000122. The molecule has 0 unspecified atom stereocenters. The van der Waals surface area contributed by atoms with Crippen LogP contribution in [0.2, 0.25) is 0 Å². The number of carbonyl (C=O) groups is 4. The molecule has 4 aliphatic carbocycles. The van der Waals surface area contributed by atoms with Crippen molar-refractivity contribution < 1.29 is 66.4 Å². The van der Waals surface area contributed by atoms with Crippen LogP contribution in [-0.2, 0) is 55.2 Å². The number of nitrogens with zero attached hydrogens (tertiary/aromatic N) is 4. The van der Waals surface area contributed by atoms with Crippen LogP contribution in [0.5, 0.6) is 0 Å². The van der Waals surface area contributed by atoms with E-state index in [1.165, 1.54) is 226 Å². The Labute approximate surface area is 860 Å². The lowest BCUT2D eigenvalue weighted by Crippen LogP contribution is -2.41. The maximum absolute atomic E-state index is 12.0. The van der Waals surface area contributed by atoms with Crippen molar-refractivity contribution >= 4 is 204 Å². The number of fused-ring (bicyclic) bond motifs is 12. The second-order valence-electron chi connectivity index (χ2n) is 41.1. The number of benzene rings is 7. The van der Waals surface area contributed by atoms with Crippen LogP contribution >= 0.6 is 77.0 Å². The van der Waals surface area contributed by atoms with Gasteiger partial charge in [-0.15, -0.1) is 0 Å². The van der Waals surface area contributed by atoms with Gasteiger partial charge < -0.3 is 81.3 Å². The SMILES string of the molecule is Brc1nc2ccccc2[nH]1.CC1(C)OB(B2OC(C)(C)C(C)(C)O2)OC1(C)C.COC(=O)c1ccc2c(C3CCCCC3)c(-c3nc4ccccc4[nH]3)[nH]c2c1.COC(=O)c1ccc2c(C3CCCCC3)c(B3OC(C)(C)C(C)(C)O3)[nH]c2c1.COC(=O)c1ccc2c(C3CCCCC3)c(Br)[nH]c2c1.ICCCI.O=C(O)c1ccc2c(C3CCCCC3)c3n(c2c1)CCCn1c-3cc2ccccc21. The number of nitrogens with one attached hydrogen (secondary N) is 5. The topological polar surface area (TPSA) is 286 Å². The molecule has 7 aromatic carbocycles. The fourth-order valence-electron chi connectivity index (χ4n) is 21.0. The predicted molar refractivity (Wildman–Crippen MR) is 584 cm³/mol. The van der Waals surface area contributed by atoms with Crippen LogP contribution < -0.4 is 5.59 Å². The summed E-state index contributed by atoms with van der Waals surface area (Å²) in [5.41, 5.74) is 19.3. The quantitative estimate of drug-likeness (QED) is 0.0206. The first-order chi connectivity index (χ1) is 66.6. The van der Waals surface area contributed by atoms with Crippen LogP contribution in [0.1, 0.15) is 312 Å². The highest BCUT2D eigenvalue weighted by atomic mass is 127. The van der Waals surface area contributed by atoms with Crippen molar-refractivity contribution in [2.45, 2.75) is 295 Å². The molecule has 6 N–H and O–H groups in total. The van der Waals surface area contributed by atoms with Gasteiger partial charge in [0.05, 0.1) is 121 Å². The van der Waals surface area contributed by atoms with E-state index in [0.29, 0.717) is 45.9 Å². The highest BCUT2D eigenvalue weighted by Crippen LogP contribution is 2.51. The van der Waals surface area contributed by atoms with E-state index < -0.39 is 38.3 Å². The fourth-order valence-corrected chi connectivity index (χ4v) is 24.4. The number of aromatic amines is 5. The van der Waals surface area contributed by atoms with Crippen LogP contribution in [0.25, 0.3) is 99.5 Å². The number of methoxy groups -OCH3 is 3. The summed E-state index contributed by atoms with van der Waals surface area (Å²) >= 11 is 11.7. The summed E-state index contributed by atoms with van der Waals surface area (Å²) in [5, 5.41) is 15.7. The Morgan fingerprint density at radius 1 is 0.410 bits per heavy atom. The molecule has 0 atom stereocenters. The number of esters is 3. The van der Waals surface area contributed by atoms with Crippen molar-refractivity contribution in [2.24, 2.45) is 0 Å². The molecule has 22 rings (SSSR count). The van der Waals surface area contributed by atoms with Crippen LogP contribution in [0.4, 0.5) is 0 Å². The molecule has 3 saturated heterocycles. The maximum atomic E-state index is 12.0. The average molecular weight is 2240 g/mol. The molecule has 139 heavy (non-hydrogen) atoms. The van der Waals surface area contributed by atoms with E-state index in [1.807, 2.05) is 165 Å². The number of imidazole rings is 2. The first kappa shape index (κ1) is 103. The van der Waals surface area contributed by atoms with Gasteiger partial charge in [0, 0.05) is 82.1 Å². The second-order valence-corrected chi connectivity index (χ2v) is 44.8. The predicted octanol–water partition coefficient (Wildman–Crippen LogP) is 27.8. The molecule has 14 aromatic rings. The third kappa shape index (κ3) is 22.2. The van der Waals surface area contributed by atoms with E-state index in [0.717, 1.165) is 95.5 Å². The summed E-state index contributed by atoms with van der Waals surface area (Å²) in [4.78, 5) is 73.3. The minimum absolute atomic E-state index is 0.295. The zero-order valence-corrected chi connectivity index (χ0v) is 90.4. The van der Waals surface area contributed by atoms with Crippen LogP contribution in [0.15, 0.2) is 161 Å². The largest absolute Gasteiger partial charge is 0.512 e. The molecule has 30 heteroatoms. The standard InChI is InChI=1S/C26H26N2O2.C23H23N3O2.C22H30BNO4.C16H18BrNO2.C12H24B2O4.C7H5BrN2.C3H6I2/c29-26(30)19-11-12-20-22(16-19)28-14-6-13-27-21-10-5-4-9-18(21)15-23(27)25(28)24(20)17-7-2-1-3-8-17;1-28-23(27)15-11-12-16-19(13-15)24-21(20(16)14-7-3-2-4-8-14)22-25-17-9-5-6-10-18(17)26-22;1-21(2)22(3,4)28-23(27-21)19-18(14-9-7-6-8-10-14)16-12-11-15(20(25)26-5)13-17(16)24-19;1-20-16(19)11-7-8-12-13(9-11)18-15(17)14(12)10-5-3-2-4-6-10;1-9(2)10(3,4)16-13(15-9)14-17-11(5,6)12(7,8)18-14;8-7-9-5-3-1-2-4-6(5)10-7;4-2-1-3-5/h4-5,9-12,15-17H,1-3,6-8,13-14H2,(H,29,30);5-6,9-14,24H,2-4,7-8H2,1H3,(H,25,26);11-14,24H,6-10H2,1-5H3;7-10,18H,2-6H2,1H3;1-8H3;1-4H,(H,9,10);1-3H2. The zero-order valence-electron chi connectivity index (χ0n) is 82.9. The number of H-pyrrole nitrogens is 5. The summed E-state index contributed by atoms with van der Waals surface area (Å²) in [5.74, 6) is 1.24. The lowest BCUT2D eigenvalue weighted by atomic mass is 9.49. The highest BCUT2D eigenvalue weighted by molar-refractivity contribution is 14.1. The van der Waals surface area contributed by atoms with E-state index in [1.54, 1.807) is 6.07 Å². The van der Waals surface area contributed by atoms with Crippen LogP contribution in [0.3, 0.4) is 0 Å². The monoisotopic (exact) mass is 2240 g/mol. The minimum atomic E-state index is -0.852. The molecule has 0 spiro atoms. The Morgan fingerprint density at radius 2 is 0.813 bits per heavy atom. The van der Waals surface area contributed by atoms with Gasteiger partial charge in [0.1, 0.15) is 0 Å². The molecule has 4 aliphatic heterocycles. The van der Waals surface area contributed by atoms with E-state index in [9.17, 15) is 24.3 Å². The first-order valence-corrected chi connectivity index (χ1v) is 54.3. The van der Waals surface area contributed by atoms with E-state index >= 15 is 0 Å². The van der Waals surface area contributed by atoms with Crippen molar-refractivity contribution in [3.8, 4) is 22.9 Å². The third-order valence-electron chi connectivity index (χ3n) is 30.5. The molecule has 0 bridgehead atoms. The van der Waals surface area contributed by atoms with Gasteiger partial charge >= 0.3 is 45.0 Å². The number of carboxylic acids is 1. The molecule has 8 aliphatic rings. The number of aromatic nitrogens is 9. The van der Waals surface area contributed by atoms with Gasteiger partial charge in [-0.05, 0) is 310 Å². The highest BCUT2D eigenvalue weighted by Gasteiger charge is 2.64. The number of hydrogen-bond acceptors (Lipinski definition) is 15. The normalized spacial score (nSPS) is 18.8.